The number of aryl methyl sites for hydroxylation is 1. The van der Waals surface area contributed by atoms with Crippen LogP contribution in [0.15, 0.2) is 12.3 Å². The van der Waals surface area contributed by atoms with E-state index in [0.717, 1.165) is 18.2 Å². The van der Waals surface area contributed by atoms with E-state index in [0.29, 0.717) is 6.04 Å². The standard InChI is InChI=1S/C12H20N4/c1-10-6-7-13-12(15-10)14-9-11-5-3-4-8-16(11)2/h6-7,11H,3-5,8-9H2,1-2H3,(H,13,14,15). The van der Waals surface area contributed by atoms with Gasteiger partial charge in [0.05, 0.1) is 0 Å². The maximum absolute atomic E-state index is 4.34. The third kappa shape index (κ3) is 2.92. The van der Waals surface area contributed by atoms with Gasteiger partial charge in [0.25, 0.3) is 0 Å². The zero-order valence-corrected chi connectivity index (χ0v) is 10.1. The topological polar surface area (TPSA) is 41.1 Å². The van der Waals surface area contributed by atoms with E-state index in [1.165, 1.54) is 25.8 Å². The van der Waals surface area contributed by atoms with E-state index in [1.807, 2.05) is 13.0 Å². The second-order valence-corrected chi connectivity index (χ2v) is 4.53. The first-order valence-electron chi connectivity index (χ1n) is 5.99. The molecular weight excluding hydrogens is 200 g/mol. The van der Waals surface area contributed by atoms with Crippen LogP contribution in [0, 0.1) is 6.92 Å². The van der Waals surface area contributed by atoms with Crippen molar-refractivity contribution in [3.05, 3.63) is 18.0 Å². The predicted octanol–water partition coefficient (Wildman–Crippen LogP) is 1.68. The van der Waals surface area contributed by atoms with E-state index >= 15 is 0 Å². The number of likely N-dealkylation sites (tertiary alicyclic amines) is 1. The fourth-order valence-corrected chi connectivity index (χ4v) is 2.15. The molecule has 4 nitrogen and oxygen atoms in total. The molecule has 1 aromatic heterocycles. The van der Waals surface area contributed by atoms with Crippen molar-refractivity contribution in [2.75, 3.05) is 25.5 Å². The van der Waals surface area contributed by atoms with Gasteiger partial charge in [0, 0.05) is 24.5 Å². The van der Waals surface area contributed by atoms with Gasteiger partial charge in [-0.1, -0.05) is 6.42 Å². The molecule has 1 atom stereocenters. The third-order valence-electron chi connectivity index (χ3n) is 3.21. The van der Waals surface area contributed by atoms with Gasteiger partial charge in [-0.15, -0.1) is 0 Å². The number of likely N-dealkylation sites (N-methyl/N-ethyl adjacent to an activating group) is 1. The molecule has 16 heavy (non-hydrogen) atoms. The van der Waals surface area contributed by atoms with Gasteiger partial charge in [0.15, 0.2) is 0 Å². The van der Waals surface area contributed by atoms with Gasteiger partial charge in [-0.3, -0.25) is 0 Å². The average molecular weight is 220 g/mol. The quantitative estimate of drug-likeness (QED) is 0.841. The minimum absolute atomic E-state index is 0.623. The molecule has 1 N–H and O–H groups in total. The first kappa shape index (κ1) is 11.3. The Hall–Kier alpha value is -1.16. The molecule has 4 heteroatoms. The Labute approximate surface area is 97.1 Å². The van der Waals surface area contributed by atoms with Crippen molar-refractivity contribution in [1.29, 1.82) is 0 Å². The first-order valence-corrected chi connectivity index (χ1v) is 5.99. The summed E-state index contributed by atoms with van der Waals surface area (Å²) in [5, 5.41) is 3.32. The second-order valence-electron chi connectivity index (χ2n) is 4.53. The number of rotatable bonds is 3. The van der Waals surface area contributed by atoms with Gasteiger partial charge in [0.2, 0.25) is 5.95 Å². The van der Waals surface area contributed by atoms with Crippen LogP contribution in [0.2, 0.25) is 0 Å². The van der Waals surface area contributed by atoms with E-state index in [4.69, 9.17) is 0 Å². The fourth-order valence-electron chi connectivity index (χ4n) is 2.15. The van der Waals surface area contributed by atoms with Crippen LogP contribution in [0.3, 0.4) is 0 Å². The van der Waals surface area contributed by atoms with E-state index in [1.54, 1.807) is 6.20 Å². The molecule has 0 radical (unpaired) electrons. The van der Waals surface area contributed by atoms with Crippen LogP contribution in [-0.4, -0.2) is 41.0 Å². The molecule has 0 aliphatic carbocycles. The molecule has 0 bridgehead atoms. The maximum atomic E-state index is 4.34. The highest BCUT2D eigenvalue weighted by Gasteiger charge is 2.18. The average Bonchev–Trinajstić information content (AvgIpc) is 2.28. The highest BCUT2D eigenvalue weighted by atomic mass is 15.2. The zero-order chi connectivity index (χ0) is 11.4. The van der Waals surface area contributed by atoms with Gasteiger partial charge in [-0.05, 0) is 39.4 Å². The number of piperidine rings is 1. The Morgan fingerprint density at radius 3 is 3.12 bits per heavy atom. The van der Waals surface area contributed by atoms with Crippen molar-refractivity contribution in [2.24, 2.45) is 0 Å². The Morgan fingerprint density at radius 1 is 1.50 bits per heavy atom. The van der Waals surface area contributed by atoms with Gasteiger partial charge >= 0.3 is 0 Å². The largest absolute Gasteiger partial charge is 0.353 e. The van der Waals surface area contributed by atoms with Crippen LogP contribution in [0.1, 0.15) is 25.0 Å². The highest BCUT2D eigenvalue weighted by molar-refractivity contribution is 5.24. The summed E-state index contributed by atoms with van der Waals surface area (Å²) < 4.78 is 0. The molecule has 88 valence electrons. The molecule has 0 amide bonds. The zero-order valence-electron chi connectivity index (χ0n) is 10.1. The maximum Gasteiger partial charge on any atom is 0.222 e. The Balaban J connectivity index is 1.86. The van der Waals surface area contributed by atoms with E-state index in [9.17, 15) is 0 Å². The van der Waals surface area contributed by atoms with Crippen LogP contribution < -0.4 is 5.32 Å². The van der Waals surface area contributed by atoms with Crippen molar-refractivity contribution in [2.45, 2.75) is 32.2 Å². The first-order chi connectivity index (χ1) is 7.75. The Bertz CT molecular complexity index is 340. The number of aromatic nitrogens is 2. The molecule has 0 saturated carbocycles. The smallest absolute Gasteiger partial charge is 0.222 e. The van der Waals surface area contributed by atoms with E-state index in [-0.39, 0.29) is 0 Å². The molecule has 1 aliphatic heterocycles. The summed E-state index contributed by atoms with van der Waals surface area (Å²) in [6.07, 6.45) is 5.74. The molecule has 2 rings (SSSR count). The molecule has 0 aromatic carbocycles. The molecular formula is C12H20N4. The van der Waals surface area contributed by atoms with E-state index in [2.05, 4.69) is 27.2 Å². The predicted molar refractivity (Wildman–Crippen MR) is 65.5 cm³/mol. The molecule has 1 saturated heterocycles. The monoisotopic (exact) mass is 220 g/mol. The minimum atomic E-state index is 0.623. The second kappa shape index (κ2) is 5.25. The Morgan fingerprint density at radius 2 is 2.38 bits per heavy atom. The van der Waals surface area contributed by atoms with Crippen LogP contribution in [0.25, 0.3) is 0 Å². The molecule has 2 heterocycles. The van der Waals surface area contributed by atoms with Crippen LogP contribution in [0.5, 0.6) is 0 Å². The van der Waals surface area contributed by atoms with E-state index < -0.39 is 0 Å². The molecule has 1 aromatic rings. The Kier molecular flexibility index (Phi) is 3.72. The lowest BCUT2D eigenvalue weighted by molar-refractivity contribution is 0.194. The van der Waals surface area contributed by atoms with Gasteiger partial charge < -0.3 is 10.2 Å². The third-order valence-corrected chi connectivity index (χ3v) is 3.21. The highest BCUT2D eigenvalue weighted by Crippen LogP contribution is 2.15. The molecule has 1 unspecified atom stereocenters. The summed E-state index contributed by atoms with van der Waals surface area (Å²) >= 11 is 0. The summed E-state index contributed by atoms with van der Waals surface area (Å²) in [6.45, 7) is 4.14. The number of nitrogens with zero attached hydrogens (tertiary/aromatic N) is 3. The summed E-state index contributed by atoms with van der Waals surface area (Å²) in [5.41, 5.74) is 1.01. The lowest BCUT2D eigenvalue weighted by Gasteiger charge is -2.32. The number of nitrogens with one attached hydrogen (secondary N) is 1. The lowest BCUT2D eigenvalue weighted by atomic mass is 10.0. The van der Waals surface area contributed by atoms with Crippen LogP contribution in [0.4, 0.5) is 5.95 Å². The number of hydrogen-bond donors (Lipinski definition) is 1. The van der Waals surface area contributed by atoms with Gasteiger partial charge in [0.1, 0.15) is 0 Å². The minimum Gasteiger partial charge on any atom is -0.353 e. The fraction of sp³-hybridized carbons (Fsp3) is 0.667. The summed E-state index contributed by atoms with van der Waals surface area (Å²) in [4.78, 5) is 11.0. The van der Waals surface area contributed by atoms with Crippen molar-refractivity contribution in [1.82, 2.24) is 14.9 Å². The van der Waals surface area contributed by atoms with Gasteiger partial charge in [-0.25, -0.2) is 9.97 Å². The number of anilines is 1. The molecule has 1 aliphatic rings. The van der Waals surface area contributed by atoms with Crippen molar-refractivity contribution >= 4 is 5.95 Å². The molecule has 0 spiro atoms. The summed E-state index contributed by atoms with van der Waals surface area (Å²) in [7, 11) is 2.20. The van der Waals surface area contributed by atoms with Crippen LogP contribution >= 0.6 is 0 Å². The van der Waals surface area contributed by atoms with Crippen molar-refractivity contribution in [3.63, 3.8) is 0 Å². The normalized spacial score (nSPS) is 22.0. The van der Waals surface area contributed by atoms with Crippen molar-refractivity contribution < 1.29 is 0 Å². The lowest BCUT2D eigenvalue weighted by Crippen LogP contribution is -2.40. The summed E-state index contributed by atoms with van der Waals surface area (Å²) in [6, 6.07) is 2.54. The van der Waals surface area contributed by atoms with Gasteiger partial charge in [-0.2, -0.15) is 0 Å². The molecule has 1 fully saturated rings. The summed E-state index contributed by atoms with van der Waals surface area (Å²) in [5.74, 6) is 0.749. The van der Waals surface area contributed by atoms with Crippen LogP contribution in [-0.2, 0) is 0 Å². The van der Waals surface area contributed by atoms with Crippen molar-refractivity contribution in [3.8, 4) is 0 Å². The SMILES string of the molecule is Cc1ccnc(NCC2CCCCN2C)n1. The number of hydrogen-bond acceptors (Lipinski definition) is 4.